The number of hydrogen-bond donors (Lipinski definition) is 1. The molecule has 0 aromatic carbocycles. The van der Waals surface area contributed by atoms with Crippen molar-refractivity contribution in [3.63, 3.8) is 0 Å². The number of aryl methyl sites for hydroxylation is 1. The van der Waals surface area contributed by atoms with E-state index in [0.29, 0.717) is 0 Å². The number of aromatic nitrogens is 4. The van der Waals surface area contributed by atoms with Crippen molar-refractivity contribution in [3.05, 3.63) is 5.82 Å². The molecule has 1 aromatic rings. The second-order valence-corrected chi connectivity index (χ2v) is 5.54. The fourth-order valence-electron chi connectivity index (χ4n) is 3.10. The van der Waals surface area contributed by atoms with Crippen LogP contribution in [0.5, 0.6) is 0 Å². The van der Waals surface area contributed by atoms with Crippen molar-refractivity contribution < 1.29 is 0 Å². The second kappa shape index (κ2) is 5.32. The standard InChI is InChI=1S/C12H22N6/c1-2-3-4-18-12(14-15-16-18)9-17-7-10-5-13-6-11(10)8-17/h10-11,13H,2-9H2,1H3. The molecule has 0 spiro atoms. The van der Waals surface area contributed by atoms with Crippen LogP contribution in [-0.2, 0) is 13.1 Å². The lowest BCUT2D eigenvalue weighted by molar-refractivity contribution is 0.290. The quantitative estimate of drug-likeness (QED) is 0.804. The highest BCUT2D eigenvalue weighted by molar-refractivity contribution is 4.93. The molecule has 2 aliphatic rings. The Hall–Kier alpha value is -1.01. The number of unbranched alkanes of at least 4 members (excludes halogenated alkanes) is 1. The number of hydrogen-bond acceptors (Lipinski definition) is 5. The molecule has 2 atom stereocenters. The van der Waals surface area contributed by atoms with Crippen molar-refractivity contribution in [2.75, 3.05) is 26.2 Å². The van der Waals surface area contributed by atoms with Crippen molar-refractivity contribution in [1.82, 2.24) is 30.4 Å². The Bertz CT molecular complexity index is 378. The Morgan fingerprint density at radius 1 is 1.28 bits per heavy atom. The fourth-order valence-corrected chi connectivity index (χ4v) is 3.10. The van der Waals surface area contributed by atoms with E-state index in [-0.39, 0.29) is 0 Å². The number of fused-ring (bicyclic) bond motifs is 1. The lowest BCUT2D eigenvalue weighted by atomic mass is 10.0. The van der Waals surface area contributed by atoms with Crippen molar-refractivity contribution in [3.8, 4) is 0 Å². The van der Waals surface area contributed by atoms with Crippen LogP contribution in [0, 0.1) is 11.8 Å². The molecule has 6 nitrogen and oxygen atoms in total. The van der Waals surface area contributed by atoms with E-state index in [0.717, 1.165) is 37.2 Å². The van der Waals surface area contributed by atoms with Gasteiger partial charge in [-0.15, -0.1) is 5.10 Å². The molecule has 2 unspecified atom stereocenters. The van der Waals surface area contributed by atoms with Crippen LogP contribution in [0.25, 0.3) is 0 Å². The molecular formula is C12H22N6. The Morgan fingerprint density at radius 2 is 2.06 bits per heavy atom. The average Bonchev–Trinajstić information content (AvgIpc) is 3.02. The topological polar surface area (TPSA) is 58.9 Å². The average molecular weight is 250 g/mol. The largest absolute Gasteiger partial charge is 0.316 e. The zero-order chi connectivity index (χ0) is 12.4. The van der Waals surface area contributed by atoms with Gasteiger partial charge in [-0.25, -0.2) is 4.68 Å². The fraction of sp³-hybridized carbons (Fsp3) is 0.917. The molecule has 1 N–H and O–H groups in total. The van der Waals surface area contributed by atoms with Gasteiger partial charge in [0.2, 0.25) is 0 Å². The molecule has 0 saturated carbocycles. The molecule has 3 heterocycles. The van der Waals surface area contributed by atoms with E-state index in [1.165, 1.54) is 32.6 Å². The highest BCUT2D eigenvalue weighted by Gasteiger charge is 2.36. The SMILES string of the molecule is CCCCn1nnnc1CN1CC2CNCC2C1. The first-order valence-corrected chi connectivity index (χ1v) is 7.05. The molecule has 6 heteroatoms. The Kier molecular flexibility index (Phi) is 3.56. The highest BCUT2D eigenvalue weighted by Crippen LogP contribution is 2.26. The third kappa shape index (κ3) is 2.40. The van der Waals surface area contributed by atoms with Gasteiger partial charge in [-0.2, -0.15) is 0 Å². The molecule has 0 aliphatic carbocycles. The molecule has 1 aromatic heterocycles. The molecule has 0 bridgehead atoms. The summed E-state index contributed by atoms with van der Waals surface area (Å²) in [6.45, 7) is 8.80. The second-order valence-electron chi connectivity index (χ2n) is 5.54. The molecule has 18 heavy (non-hydrogen) atoms. The van der Waals surface area contributed by atoms with Crippen LogP contribution in [0.15, 0.2) is 0 Å². The maximum Gasteiger partial charge on any atom is 0.165 e. The van der Waals surface area contributed by atoms with Gasteiger partial charge < -0.3 is 5.32 Å². The summed E-state index contributed by atoms with van der Waals surface area (Å²) in [4.78, 5) is 2.50. The number of tetrazole rings is 1. The van der Waals surface area contributed by atoms with E-state index in [1.807, 2.05) is 4.68 Å². The van der Waals surface area contributed by atoms with Gasteiger partial charge in [0.25, 0.3) is 0 Å². The van der Waals surface area contributed by atoms with Gasteiger partial charge >= 0.3 is 0 Å². The van der Waals surface area contributed by atoms with Gasteiger partial charge in [0.1, 0.15) is 0 Å². The molecule has 0 amide bonds. The van der Waals surface area contributed by atoms with Gasteiger partial charge in [-0.05, 0) is 41.8 Å². The van der Waals surface area contributed by atoms with Crippen LogP contribution in [0.4, 0.5) is 0 Å². The van der Waals surface area contributed by atoms with Crippen molar-refractivity contribution >= 4 is 0 Å². The number of nitrogens with zero attached hydrogens (tertiary/aromatic N) is 5. The third-order valence-electron chi connectivity index (χ3n) is 4.16. The van der Waals surface area contributed by atoms with Crippen LogP contribution in [0.2, 0.25) is 0 Å². The summed E-state index contributed by atoms with van der Waals surface area (Å²) in [5.74, 6) is 2.70. The van der Waals surface area contributed by atoms with E-state index >= 15 is 0 Å². The smallest absolute Gasteiger partial charge is 0.165 e. The van der Waals surface area contributed by atoms with E-state index in [2.05, 4.69) is 32.7 Å². The minimum Gasteiger partial charge on any atom is -0.316 e. The summed E-state index contributed by atoms with van der Waals surface area (Å²) in [5, 5.41) is 15.5. The summed E-state index contributed by atoms with van der Waals surface area (Å²) in [5.41, 5.74) is 0. The minimum atomic E-state index is 0.838. The van der Waals surface area contributed by atoms with Gasteiger partial charge in [0.15, 0.2) is 5.82 Å². The van der Waals surface area contributed by atoms with E-state index < -0.39 is 0 Å². The van der Waals surface area contributed by atoms with E-state index in [9.17, 15) is 0 Å². The predicted octanol–water partition coefficient (Wildman–Crippen LogP) is 0.124. The van der Waals surface area contributed by atoms with E-state index in [4.69, 9.17) is 0 Å². The zero-order valence-electron chi connectivity index (χ0n) is 11.0. The molecule has 0 radical (unpaired) electrons. The van der Waals surface area contributed by atoms with Crippen LogP contribution >= 0.6 is 0 Å². The lowest BCUT2D eigenvalue weighted by Crippen LogP contribution is -2.27. The number of nitrogens with one attached hydrogen (secondary N) is 1. The molecule has 2 fully saturated rings. The monoisotopic (exact) mass is 250 g/mol. The van der Waals surface area contributed by atoms with Gasteiger partial charge in [0.05, 0.1) is 6.54 Å². The maximum atomic E-state index is 4.17. The van der Waals surface area contributed by atoms with E-state index in [1.54, 1.807) is 0 Å². The first-order chi connectivity index (χ1) is 8.86. The van der Waals surface area contributed by atoms with Gasteiger partial charge in [0, 0.05) is 19.6 Å². The zero-order valence-corrected chi connectivity index (χ0v) is 11.0. The van der Waals surface area contributed by atoms with Crippen molar-refractivity contribution in [1.29, 1.82) is 0 Å². The summed E-state index contributed by atoms with van der Waals surface area (Å²) in [7, 11) is 0. The highest BCUT2D eigenvalue weighted by atomic mass is 15.5. The molecule has 3 rings (SSSR count). The summed E-state index contributed by atoms with van der Waals surface area (Å²) in [6.07, 6.45) is 2.33. The maximum absolute atomic E-state index is 4.17. The molecule has 100 valence electrons. The summed E-state index contributed by atoms with van der Waals surface area (Å²) >= 11 is 0. The first kappa shape index (κ1) is 12.0. The predicted molar refractivity (Wildman–Crippen MR) is 67.9 cm³/mol. The van der Waals surface area contributed by atoms with Gasteiger partial charge in [-0.3, -0.25) is 4.90 Å². The molecular weight excluding hydrogens is 228 g/mol. The third-order valence-corrected chi connectivity index (χ3v) is 4.16. The number of rotatable bonds is 5. The Labute approximate surface area is 108 Å². The molecule has 2 aliphatic heterocycles. The van der Waals surface area contributed by atoms with Crippen LogP contribution in [0.1, 0.15) is 25.6 Å². The summed E-state index contributed by atoms with van der Waals surface area (Å²) in [6, 6.07) is 0. The van der Waals surface area contributed by atoms with Crippen LogP contribution < -0.4 is 5.32 Å². The summed E-state index contributed by atoms with van der Waals surface area (Å²) < 4.78 is 1.97. The van der Waals surface area contributed by atoms with Gasteiger partial charge in [-0.1, -0.05) is 13.3 Å². The normalized spacial score (nSPS) is 27.8. The van der Waals surface area contributed by atoms with Crippen LogP contribution in [-0.4, -0.2) is 51.3 Å². The number of likely N-dealkylation sites (tertiary alicyclic amines) is 1. The van der Waals surface area contributed by atoms with Crippen molar-refractivity contribution in [2.45, 2.75) is 32.9 Å². The Balaban J connectivity index is 1.58. The minimum absolute atomic E-state index is 0.838. The van der Waals surface area contributed by atoms with Crippen LogP contribution in [0.3, 0.4) is 0 Å². The lowest BCUT2D eigenvalue weighted by Gasteiger charge is -2.16. The Morgan fingerprint density at radius 3 is 2.78 bits per heavy atom. The van der Waals surface area contributed by atoms with Crippen molar-refractivity contribution in [2.24, 2.45) is 11.8 Å². The molecule has 2 saturated heterocycles. The first-order valence-electron chi connectivity index (χ1n) is 7.05.